The largest absolute Gasteiger partial charge is 0.356 e. The molecule has 0 unspecified atom stereocenters. The monoisotopic (exact) mass is 379 g/mol. The van der Waals surface area contributed by atoms with Crippen molar-refractivity contribution in [2.75, 3.05) is 13.1 Å². The smallest absolute Gasteiger partial charge is 0.252 e. The molecule has 1 saturated heterocycles. The maximum atomic E-state index is 12.9. The van der Waals surface area contributed by atoms with Crippen LogP contribution in [0.1, 0.15) is 29.7 Å². The number of nitrogens with one attached hydrogen (secondary N) is 2. The van der Waals surface area contributed by atoms with E-state index in [2.05, 4.69) is 16.4 Å². The molecule has 0 saturated carbocycles. The number of carbonyl (C=O) groups is 2. The number of hydrogen-bond acceptors (Lipinski definition) is 2. The van der Waals surface area contributed by atoms with Crippen LogP contribution in [0.3, 0.4) is 0 Å². The number of piperazine rings is 1. The Labute approximate surface area is 161 Å². The minimum absolute atomic E-state index is 0.0270. The minimum Gasteiger partial charge on any atom is -0.356 e. The normalized spacial score (nSPS) is 24.5. The summed E-state index contributed by atoms with van der Waals surface area (Å²) in [5.74, 6) is -0.348. The van der Waals surface area contributed by atoms with Gasteiger partial charge in [-0.25, -0.2) is 0 Å². The highest BCUT2D eigenvalue weighted by molar-refractivity contribution is 6.31. The molecule has 3 aromatic rings. The quantitative estimate of drug-likeness (QED) is 0.682. The zero-order valence-corrected chi connectivity index (χ0v) is 15.5. The molecule has 0 spiro atoms. The van der Waals surface area contributed by atoms with Crippen LogP contribution in [0, 0.1) is 0 Å². The first-order chi connectivity index (χ1) is 13.0. The van der Waals surface area contributed by atoms with Crippen LogP contribution in [0.2, 0.25) is 5.02 Å². The number of fused-ring (bicyclic) bond motifs is 5. The molecule has 0 bridgehead atoms. The maximum Gasteiger partial charge on any atom is 0.252 e. The second-order valence-corrected chi connectivity index (χ2v) is 7.70. The molecule has 2 N–H and O–H groups in total. The fraction of sp³-hybridized carbons (Fsp3) is 0.238. The number of nitrogens with zero attached hydrogens (tertiary/aromatic N) is 1. The lowest BCUT2D eigenvalue weighted by Gasteiger charge is -2.48. The Balaban J connectivity index is 1.84. The number of hydrogen-bond donors (Lipinski definition) is 2. The van der Waals surface area contributed by atoms with Crippen molar-refractivity contribution in [3.05, 3.63) is 70.4 Å². The molecule has 3 heterocycles. The molecule has 0 radical (unpaired) electrons. The standard InChI is InChI=1S/C21H18ClN3O2/c1-21-19-18(13-7-3-5-9-16(13)24-19)14(12-6-2-4-8-15(12)22)11-25(21)17(26)10-23-20(21)27/h2-9,14,24H,10-11H2,1H3,(H,23,27)/t14-,21-/m1/s1. The van der Waals surface area contributed by atoms with E-state index in [-0.39, 0.29) is 24.3 Å². The highest BCUT2D eigenvalue weighted by Gasteiger charge is 2.54. The molecular weight excluding hydrogens is 362 g/mol. The molecule has 5 nitrogen and oxygen atoms in total. The summed E-state index contributed by atoms with van der Waals surface area (Å²) in [6.07, 6.45) is 0. The van der Waals surface area contributed by atoms with E-state index in [0.29, 0.717) is 11.6 Å². The summed E-state index contributed by atoms with van der Waals surface area (Å²) in [5.41, 5.74) is 2.67. The molecule has 27 heavy (non-hydrogen) atoms. The van der Waals surface area contributed by atoms with Crippen molar-refractivity contribution in [1.29, 1.82) is 0 Å². The molecule has 0 aliphatic carbocycles. The van der Waals surface area contributed by atoms with Crippen LogP contribution in [0.4, 0.5) is 0 Å². The molecule has 5 rings (SSSR count). The van der Waals surface area contributed by atoms with Crippen LogP contribution >= 0.6 is 11.6 Å². The van der Waals surface area contributed by atoms with Gasteiger partial charge in [0.25, 0.3) is 5.91 Å². The van der Waals surface area contributed by atoms with Gasteiger partial charge in [-0.2, -0.15) is 0 Å². The predicted octanol–water partition coefficient (Wildman–Crippen LogP) is 3.14. The van der Waals surface area contributed by atoms with E-state index in [1.807, 2.05) is 49.4 Å². The summed E-state index contributed by atoms with van der Waals surface area (Å²) in [4.78, 5) is 30.7. The van der Waals surface area contributed by atoms with Crippen molar-refractivity contribution < 1.29 is 9.59 Å². The minimum atomic E-state index is -1.05. The van der Waals surface area contributed by atoms with Crippen LogP contribution in [0.5, 0.6) is 0 Å². The van der Waals surface area contributed by atoms with Crippen molar-refractivity contribution >= 4 is 34.3 Å². The number of rotatable bonds is 1. The maximum absolute atomic E-state index is 12.9. The third-order valence-electron chi connectivity index (χ3n) is 5.91. The number of aromatic amines is 1. The Bertz CT molecular complexity index is 1110. The van der Waals surface area contributed by atoms with Crippen molar-refractivity contribution in [2.24, 2.45) is 0 Å². The number of carbonyl (C=O) groups excluding carboxylic acids is 2. The van der Waals surface area contributed by atoms with E-state index in [0.717, 1.165) is 27.7 Å². The first-order valence-electron chi connectivity index (χ1n) is 8.96. The molecule has 1 fully saturated rings. The van der Waals surface area contributed by atoms with Gasteiger partial charge < -0.3 is 15.2 Å². The van der Waals surface area contributed by atoms with Crippen molar-refractivity contribution in [1.82, 2.24) is 15.2 Å². The average molecular weight is 380 g/mol. The number of benzene rings is 2. The lowest BCUT2D eigenvalue weighted by molar-refractivity contribution is -0.154. The van der Waals surface area contributed by atoms with E-state index < -0.39 is 5.54 Å². The molecule has 2 atom stereocenters. The van der Waals surface area contributed by atoms with Crippen LogP contribution in [-0.2, 0) is 15.1 Å². The fourth-order valence-corrected chi connectivity index (χ4v) is 4.79. The molecule has 136 valence electrons. The first kappa shape index (κ1) is 16.4. The summed E-state index contributed by atoms with van der Waals surface area (Å²) in [7, 11) is 0. The van der Waals surface area contributed by atoms with Gasteiger partial charge in [-0.15, -0.1) is 0 Å². The zero-order chi connectivity index (χ0) is 18.8. The fourth-order valence-electron chi connectivity index (χ4n) is 4.52. The van der Waals surface area contributed by atoms with E-state index in [4.69, 9.17) is 11.6 Å². The highest BCUT2D eigenvalue weighted by atomic mass is 35.5. The zero-order valence-electron chi connectivity index (χ0n) is 14.8. The van der Waals surface area contributed by atoms with Gasteiger partial charge in [-0.05, 0) is 30.2 Å². The number of halogens is 1. The Morgan fingerprint density at radius 3 is 2.67 bits per heavy atom. The number of amides is 2. The number of aromatic nitrogens is 1. The van der Waals surface area contributed by atoms with Crippen molar-refractivity contribution in [2.45, 2.75) is 18.4 Å². The van der Waals surface area contributed by atoms with Crippen molar-refractivity contribution in [3.8, 4) is 0 Å². The topological polar surface area (TPSA) is 65.2 Å². The summed E-state index contributed by atoms with van der Waals surface area (Å²) in [5, 5.41) is 4.47. The Hall–Kier alpha value is -2.79. The Kier molecular flexibility index (Phi) is 3.40. The van der Waals surface area contributed by atoms with Gasteiger partial charge in [-0.1, -0.05) is 48.0 Å². The number of H-pyrrole nitrogens is 1. The van der Waals surface area contributed by atoms with Gasteiger partial charge in [0.1, 0.15) is 0 Å². The summed E-state index contributed by atoms with van der Waals surface area (Å²) >= 11 is 6.52. The van der Waals surface area contributed by atoms with Gasteiger partial charge in [-0.3, -0.25) is 9.59 Å². The van der Waals surface area contributed by atoms with E-state index >= 15 is 0 Å². The molecule has 2 amide bonds. The van der Waals surface area contributed by atoms with Crippen LogP contribution < -0.4 is 5.32 Å². The highest BCUT2D eigenvalue weighted by Crippen LogP contribution is 2.47. The van der Waals surface area contributed by atoms with E-state index in [9.17, 15) is 9.59 Å². The van der Waals surface area contributed by atoms with Crippen LogP contribution in [0.15, 0.2) is 48.5 Å². The van der Waals surface area contributed by atoms with Crippen LogP contribution in [-0.4, -0.2) is 34.8 Å². The van der Waals surface area contributed by atoms with Gasteiger partial charge in [0.05, 0.1) is 12.2 Å². The van der Waals surface area contributed by atoms with Gasteiger partial charge >= 0.3 is 0 Å². The lowest BCUT2D eigenvalue weighted by Crippen LogP contribution is -2.66. The second-order valence-electron chi connectivity index (χ2n) is 7.29. The summed E-state index contributed by atoms with van der Waals surface area (Å²) < 4.78 is 0. The number of para-hydroxylation sites is 1. The van der Waals surface area contributed by atoms with Gasteiger partial charge in [0, 0.05) is 28.4 Å². The molecule has 1 aromatic heterocycles. The Morgan fingerprint density at radius 2 is 1.85 bits per heavy atom. The molecule has 2 aromatic carbocycles. The third-order valence-corrected chi connectivity index (χ3v) is 6.25. The second kappa shape index (κ2) is 5.60. The molecule has 6 heteroatoms. The summed E-state index contributed by atoms with van der Waals surface area (Å²) in [6.45, 7) is 2.26. The molecule has 2 aliphatic rings. The Morgan fingerprint density at radius 1 is 1.11 bits per heavy atom. The van der Waals surface area contributed by atoms with E-state index in [1.165, 1.54) is 0 Å². The SMILES string of the molecule is C[C@@]12C(=O)NCC(=O)N1C[C@H](c1ccccc1Cl)c1c2[nH]c2ccccc12. The third kappa shape index (κ3) is 2.12. The van der Waals surface area contributed by atoms with Crippen LogP contribution in [0.25, 0.3) is 10.9 Å². The van der Waals surface area contributed by atoms with Gasteiger partial charge in [0.15, 0.2) is 5.54 Å². The molecular formula is C21H18ClN3O2. The molecule has 2 aliphatic heterocycles. The first-order valence-corrected chi connectivity index (χ1v) is 9.34. The summed E-state index contributed by atoms with van der Waals surface area (Å²) in [6, 6.07) is 15.7. The van der Waals surface area contributed by atoms with E-state index in [1.54, 1.807) is 4.90 Å². The predicted molar refractivity (Wildman–Crippen MR) is 104 cm³/mol. The van der Waals surface area contributed by atoms with Gasteiger partial charge in [0.2, 0.25) is 5.91 Å². The lowest BCUT2D eigenvalue weighted by atomic mass is 9.76. The average Bonchev–Trinajstić information content (AvgIpc) is 3.07. The van der Waals surface area contributed by atoms with Crippen molar-refractivity contribution in [3.63, 3.8) is 0 Å².